The van der Waals surface area contributed by atoms with Gasteiger partial charge in [0.2, 0.25) is 11.8 Å². The van der Waals surface area contributed by atoms with Crippen LogP contribution in [0.25, 0.3) is 17.2 Å². The van der Waals surface area contributed by atoms with Crippen LogP contribution in [0.4, 0.5) is 0 Å². The number of hydrogen-bond donors (Lipinski definition) is 0. The minimum absolute atomic E-state index is 0.116. The van der Waals surface area contributed by atoms with Crippen molar-refractivity contribution in [1.82, 2.24) is 9.88 Å². The third-order valence-electron chi connectivity index (χ3n) is 4.19. The van der Waals surface area contributed by atoms with Crippen LogP contribution in [0.3, 0.4) is 0 Å². The number of likely N-dealkylation sites (N-methyl/N-ethyl adjacent to an activating group) is 1. The van der Waals surface area contributed by atoms with Gasteiger partial charge in [0.1, 0.15) is 5.52 Å². The lowest BCUT2D eigenvalue weighted by Crippen LogP contribution is -2.28. The Labute approximate surface area is 158 Å². The molecule has 1 heterocycles. The SMILES string of the molecule is CCN(Cc1ccc(OC)c(OC)c1)C(=O)/C=C/c1nc2ccccc2o1. The fourth-order valence-electron chi connectivity index (χ4n) is 2.75. The summed E-state index contributed by atoms with van der Waals surface area (Å²) in [5.41, 5.74) is 2.42. The van der Waals surface area contributed by atoms with Crippen LogP contribution in [0.5, 0.6) is 11.5 Å². The Balaban J connectivity index is 1.72. The second-order valence-corrected chi connectivity index (χ2v) is 5.89. The molecule has 0 spiro atoms. The zero-order valence-corrected chi connectivity index (χ0v) is 15.6. The van der Waals surface area contributed by atoms with Gasteiger partial charge >= 0.3 is 0 Å². The van der Waals surface area contributed by atoms with E-state index in [-0.39, 0.29) is 5.91 Å². The van der Waals surface area contributed by atoms with E-state index in [9.17, 15) is 4.79 Å². The van der Waals surface area contributed by atoms with Crippen LogP contribution in [0.2, 0.25) is 0 Å². The highest BCUT2D eigenvalue weighted by atomic mass is 16.5. The number of para-hydroxylation sites is 2. The Morgan fingerprint density at radius 1 is 1.15 bits per heavy atom. The van der Waals surface area contributed by atoms with Crippen molar-refractivity contribution in [1.29, 1.82) is 0 Å². The Morgan fingerprint density at radius 2 is 1.93 bits per heavy atom. The van der Waals surface area contributed by atoms with Crippen molar-refractivity contribution >= 4 is 23.1 Å². The van der Waals surface area contributed by atoms with E-state index in [0.29, 0.717) is 36.1 Å². The highest BCUT2D eigenvalue weighted by molar-refractivity contribution is 5.91. The van der Waals surface area contributed by atoms with Gasteiger partial charge in [-0.15, -0.1) is 0 Å². The molecular formula is C21H22N2O4. The monoisotopic (exact) mass is 366 g/mol. The predicted octanol–water partition coefficient (Wildman–Crippen LogP) is 3.91. The molecule has 0 fully saturated rings. The molecule has 0 aliphatic carbocycles. The van der Waals surface area contributed by atoms with E-state index in [4.69, 9.17) is 13.9 Å². The molecule has 2 aromatic carbocycles. The van der Waals surface area contributed by atoms with Gasteiger partial charge in [0, 0.05) is 25.2 Å². The lowest BCUT2D eigenvalue weighted by atomic mass is 10.2. The Bertz CT molecular complexity index is 929. The topological polar surface area (TPSA) is 64.8 Å². The van der Waals surface area contributed by atoms with Gasteiger partial charge < -0.3 is 18.8 Å². The summed E-state index contributed by atoms with van der Waals surface area (Å²) in [6, 6.07) is 13.1. The summed E-state index contributed by atoms with van der Waals surface area (Å²) in [6.07, 6.45) is 3.08. The summed E-state index contributed by atoms with van der Waals surface area (Å²) >= 11 is 0. The summed E-state index contributed by atoms with van der Waals surface area (Å²) in [7, 11) is 3.18. The molecule has 1 amide bonds. The first-order valence-corrected chi connectivity index (χ1v) is 8.68. The number of oxazole rings is 1. The number of ether oxygens (including phenoxy) is 2. The second-order valence-electron chi connectivity index (χ2n) is 5.89. The van der Waals surface area contributed by atoms with Gasteiger partial charge in [-0.3, -0.25) is 4.79 Å². The highest BCUT2D eigenvalue weighted by Gasteiger charge is 2.12. The molecule has 0 aliphatic heterocycles. The molecule has 0 aliphatic rings. The van der Waals surface area contributed by atoms with Crippen LogP contribution in [-0.4, -0.2) is 36.6 Å². The van der Waals surface area contributed by atoms with E-state index in [1.165, 1.54) is 6.08 Å². The summed E-state index contributed by atoms with van der Waals surface area (Å²) in [5, 5.41) is 0. The molecule has 6 nitrogen and oxygen atoms in total. The minimum Gasteiger partial charge on any atom is -0.493 e. The zero-order valence-electron chi connectivity index (χ0n) is 15.6. The number of amides is 1. The number of rotatable bonds is 7. The fourth-order valence-corrected chi connectivity index (χ4v) is 2.75. The molecule has 3 aromatic rings. The van der Waals surface area contributed by atoms with Crippen LogP contribution in [0.1, 0.15) is 18.4 Å². The van der Waals surface area contributed by atoms with Gasteiger partial charge in [-0.05, 0) is 36.8 Å². The average Bonchev–Trinajstić information content (AvgIpc) is 3.13. The highest BCUT2D eigenvalue weighted by Crippen LogP contribution is 2.28. The van der Waals surface area contributed by atoms with Crippen molar-refractivity contribution < 1.29 is 18.7 Å². The van der Waals surface area contributed by atoms with Crippen LogP contribution < -0.4 is 9.47 Å². The van der Waals surface area contributed by atoms with Crippen molar-refractivity contribution in [2.75, 3.05) is 20.8 Å². The molecule has 0 saturated carbocycles. The lowest BCUT2D eigenvalue weighted by molar-refractivity contribution is -0.126. The number of nitrogens with zero attached hydrogens (tertiary/aromatic N) is 2. The molecule has 0 bridgehead atoms. The number of hydrogen-bond acceptors (Lipinski definition) is 5. The Morgan fingerprint density at radius 3 is 2.63 bits per heavy atom. The molecule has 27 heavy (non-hydrogen) atoms. The normalized spacial score (nSPS) is 11.1. The van der Waals surface area contributed by atoms with E-state index < -0.39 is 0 Å². The van der Waals surface area contributed by atoms with E-state index in [2.05, 4.69) is 4.98 Å². The molecule has 0 saturated heterocycles. The van der Waals surface area contributed by atoms with E-state index in [0.717, 1.165) is 11.1 Å². The summed E-state index contributed by atoms with van der Waals surface area (Å²) in [6.45, 7) is 2.98. The average molecular weight is 366 g/mol. The third-order valence-corrected chi connectivity index (χ3v) is 4.19. The molecule has 140 valence electrons. The smallest absolute Gasteiger partial charge is 0.247 e. The van der Waals surface area contributed by atoms with Crippen LogP contribution in [-0.2, 0) is 11.3 Å². The maximum absolute atomic E-state index is 12.6. The quantitative estimate of drug-likeness (QED) is 0.593. The van der Waals surface area contributed by atoms with E-state index in [1.54, 1.807) is 25.2 Å². The Kier molecular flexibility index (Phi) is 5.76. The van der Waals surface area contributed by atoms with Crippen LogP contribution in [0, 0.1) is 0 Å². The number of fused-ring (bicyclic) bond motifs is 1. The van der Waals surface area contributed by atoms with Gasteiger partial charge in [-0.1, -0.05) is 18.2 Å². The summed E-state index contributed by atoms with van der Waals surface area (Å²) in [4.78, 5) is 18.6. The van der Waals surface area contributed by atoms with Gasteiger partial charge in [0.15, 0.2) is 17.1 Å². The van der Waals surface area contributed by atoms with Crippen molar-refractivity contribution in [3.8, 4) is 11.5 Å². The maximum Gasteiger partial charge on any atom is 0.247 e. The number of methoxy groups -OCH3 is 2. The molecule has 1 aromatic heterocycles. The first-order valence-electron chi connectivity index (χ1n) is 8.68. The lowest BCUT2D eigenvalue weighted by Gasteiger charge is -2.20. The van der Waals surface area contributed by atoms with Gasteiger partial charge in [0.05, 0.1) is 14.2 Å². The largest absolute Gasteiger partial charge is 0.493 e. The second kappa shape index (κ2) is 8.40. The number of benzene rings is 2. The first-order chi connectivity index (χ1) is 13.1. The number of carbonyl (C=O) groups excluding carboxylic acids is 1. The summed E-state index contributed by atoms with van der Waals surface area (Å²) in [5.74, 6) is 1.59. The fraction of sp³-hybridized carbons (Fsp3) is 0.238. The standard InChI is InChI=1S/C21H22N2O4/c1-4-23(14-15-9-10-18(25-2)19(13-15)26-3)21(24)12-11-20-22-16-7-5-6-8-17(16)27-20/h5-13H,4,14H2,1-3H3/b12-11+. The molecular weight excluding hydrogens is 344 g/mol. The van der Waals surface area contributed by atoms with Gasteiger partial charge in [0.25, 0.3) is 0 Å². The Hall–Kier alpha value is -3.28. The molecule has 0 atom stereocenters. The molecule has 0 radical (unpaired) electrons. The predicted molar refractivity (Wildman–Crippen MR) is 104 cm³/mol. The van der Waals surface area contributed by atoms with Crippen molar-refractivity contribution in [2.24, 2.45) is 0 Å². The number of carbonyl (C=O) groups is 1. The van der Waals surface area contributed by atoms with E-state index in [1.807, 2.05) is 49.4 Å². The maximum atomic E-state index is 12.6. The van der Waals surface area contributed by atoms with Crippen molar-refractivity contribution in [2.45, 2.75) is 13.5 Å². The van der Waals surface area contributed by atoms with Crippen molar-refractivity contribution in [3.63, 3.8) is 0 Å². The molecule has 6 heteroatoms. The first kappa shape index (κ1) is 18.5. The van der Waals surface area contributed by atoms with Crippen molar-refractivity contribution in [3.05, 3.63) is 60.0 Å². The van der Waals surface area contributed by atoms with Crippen LogP contribution in [0.15, 0.2) is 53.0 Å². The summed E-state index contributed by atoms with van der Waals surface area (Å²) < 4.78 is 16.2. The molecule has 0 unspecified atom stereocenters. The molecule has 3 rings (SSSR count). The van der Waals surface area contributed by atoms with Gasteiger partial charge in [-0.25, -0.2) is 4.98 Å². The zero-order chi connectivity index (χ0) is 19.2. The third kappa shape index (κ3) is 4.28. The number of aromatic nitrogens is 1. The van der Waals surface area contributed by atoms with E-state index >= 15 is 0 Å². The minimum atomic E-state index is -0.116. The van der Waals surface area contributed by atoms with Crippen LogP contribution >= 0.6 is 0 Å². The molecule has 0 N–H and O–H groups in total. The van der Waals surface area contributed by atoms with Gasteiger partial charge in [-0.2, -0.15) is 0 Å².